The van der Waals surface area contributed by atoms with Gasteiger partial charge in [0.25, 0.3) is 0 Å². The third-order valence-corrected chi connectivity index (χ3v) is 2.24. The van der Waals surface area contributed by atoms with E-state index in [0.29, 0.717) is 17.7 Å². The van der Waals surface area contributed by atoms with E-state index in [4.69, 9.17) is 4.74 Å². The van der Waals surface area contributed by atoms with Crippen molar-refractivity contribution in [1.82, 2.24) is 10.3 Å². The van der Waals surface area contributed by atoms with Crippen molar-refractivity contribution in [2.45, 2.75) is 34.2 Å². The zero-order valence-electron chi connectivity index (χ0n) is 11.4. The third-order valence-electron chi connectivity index (χ3n) is 2.24. The van der Waals surface area contributed by atoms with Gasteiger partial charge in [0, 0.05) is 18.8 Å². The molecule has 1 heterocycles. The van der Waals surface area contributed by atoms with E-state index in [0.717, 1.165) is 19.7 Å². The molecule has 1 N–H and O–H groups in total. The van der Waals surface area contributed by atoms with Crippen LogP contribution in [0, 0.1) is 11.8 Å². The molecule has 1 rings (SSSR count). The first-order valence-corrected chi connectivity index (χ1v) is 6.36. The van der Waals surface area contributed by atoms with Crippen molar-refractivity contribution >= 4 is 0 Å². The van der Waals surface area contributed by atoms with Gasteiger partial charge >= 0.3 is 0 Å². The highest BCUT2D eigenvalue weighted by atomic mass is 16.5. The van der Waals surface area contributed by atoms with Gasteiger partial charge in [-0.3, -0.25) is 0 Å². The quantitative estimate of drug-likeness (QED) is 0.790. The second-order valence-electron chi connectivity index (χ2n) is 5.23. The van der Waals surface area contributed by atoms with Gasteiger partial charge in [-0.15, -0.1) is 0 Å². The average molecular weight is 236 g/mol. The van der Waals surface area contributed by atoms with Crippen molar-refractivity contribution in [3.05, 3.63) is 23.9 Å². The number of hydrogen-bond acceptors (Lipinski definition) is 3. The molecule has 0 saturated carbocycles. The van der Waals surface area contributed by atoms with Crippen LogP contribution in [0.1, 0.15) is 33.3 Å². The fourth-order valence-corrected chi connectivity index (χ4v) is 1.36. The lowest BCUT2D eigenvalue weighted by atomic mass is 10.2. The molecule has 0 aliphatic rings. The first-order valence-electron chi connectivity index (χ1n) is 6.36. The Labute approximate surface area is 105 Å². The molecule has 0 unspecified atom stereocenters. The van der Waals surface area contributed by atoms with Crippen molar-refractivity contribution in [3.8, 4) is 5.88 Å². The summed E-state index contributed by atoms with van der Waals surface area (Å²) in [4.78, 5) is 4.29. The van der Waals surface area contributed by atoms with E-state index in [1.807, 2.05) is 12.3 Å². The highest BCUT2D eigenvalue weighted by Crippen LogP contribution is 2.08. The fraction of sp³-hybridized carbons (Fsp3) is 0.643. The summed E-state index contributed by atoms with van der Waals surface area (Å²) >= 11 is 0. The molecule has 0 radical (unpaired) electrons. The molecule has 0 bridgehead atoms. The number of hydrogen-bond donors (Lipinski definition) is 1. The monoisotopic (exact) mass is 236 g/mol. The van der Waals surface area contributed by atoms with Crippen molar-refractivity contribution in [2.24, 2.45) is 11.8 Å². The molecule has 3 heteroatoms. The second-order valence-corrected chi connectivity index (χ2v) is 5.23. The van der Waals surface area contributed by atoms with Gasteiger partial charge in [-0.25, -0.2) is 4.98 Å². The Hall–Kier alpha value is -1.09. The van der Waals surface area contributed by atoms with Crippen molar-refractivity contribution in [3.63, 3.8) is 0 Å². The predicted octanol–water partition coefficient (Wildman–Crippen LogP) is 2.86. The molecule has 3 nitrogen and oxygen atoms in total. The van der Waals surface area contributed by atoms with E-state index in [1.54, 1.807) is 0 Å². The zero-order chi connectivity index (χ0) is 12.7. The molecule has 0 aliphatic heterocycles. The van der Waals surface area contributed by atoms with Gasteiger partial charge in [-0.2, -0.15) is 0 Å². The van der Waals surface area contributed by atoms with E-state index in [-0.39, 0.29) is 0 Å². The standard InChI is InChI=1S/C14H24N2O/c1-11(2)7-15-8-13-5-6-14(16-9-13)17-10-12(3)4/h5-6,9,11-12,15H,7-8,10H2,1-4H3. The van der Waals surface area contributed by atoms with E-state index in [1.165, 1.54) is 5.56 Å². The fourth-order valence-electron chi connectivity index (χ4n) is 1.36. The third kappa shape index (κ3) is 6.27. The average Bonchev–Trinajstić information content (AvgIpc) is 2.27. The summed E-state index contributed by atoms with van der Waals surface area (Å²) in [6, 6.07) is 4.00. The molecule has 1 aromatic heterocycles. The first kappa shape index (κ1) is 14.0. The van der Waals surface area contributed by atoms with Crippen LogP contribution < -0.4 is 10.1 Å². The highest BCUT2D eigenvalue weighted by molar-refractivity contribution is 5.17. The lowest BCUT2D eigenvalue weighted by Gasteiger charge is -2.09. The van der Waals surface area contributed by atoms with Gasteiger partial charge in [-0.1, -0.05) is 33.8 Å². The molecule has 0 fully saturated rings. The SMILES string of the molecule is CC(C)CNCc1ccc(OCC(C)C)nc1. The maximum absolute atomic E-state index is 5.53. The molecular weight excluding hydrogens is 212 g/mol. The van der Waals surface area contributed by atoms with Gasteiger partial charge in [-0.05, 0) is 23.9 Å². The minimum atomic E-state index is 0.532. The van der Waals surface area contributed by atoms with Crippen LogP contribution in [0.4, 0.5) is 0 Å². The van der Waals surface area contributed by atoms with E-state index in [9.17, 15) is 0 Å². The Morgan fingerprint density at radius 3 is 2.47 bits per heavy atom. The summed E-state index contributed by atoms with van der Waals surface area (Å²) in [5, 5.41) is 3.39. The Balaban J connectivity index is 2.34. The van der Waals surface area contributed by atoms with Crippen LogP contribution in [0.25, 0.3) is 0 Å². The van der Waals surface area contributed by atoms with Crippen LogP contribution in [0.5, 0.6) is 5.88 Å². The summed E-state index contributed by atoms with van der Waals surface area (Å²) in [5.74, 6) is 1.92. The predicted molar refractivity (Wildman–Crippen MR) is 71.1 cm³/mol. The maximum atomic E-state index is 5.53. The van der Waals surface area contributed by atoms with Gasteiger partial charge in [0.05, 0.1) is 6.61 Å². The summed E-state index contributed by atoms with van der Waals surface area (Å²) in [6.45, 7) is 11.3. The van der Waals surface area contributed by atoms with Crippen LogP contribution in [0.15, 0.2) is 18.3 Å². The number of nitrogens with zero attached hydrogens (tertiary/aromatic N) is 1. The zero-order valence-corrected chi connectivity index (χ0v) is 11.4. The normalized spacial score (nSPS) is 11.2. The lowest BCUT2D eigenvalue weighted by molar-refractivity contribution is 0.261. The van der Waals surface area contributed by atoms with Crippen molar-refractivity contribution in [1.29, 1.82) is 0 Å². The topological polar surface area (TPSA) is 34.1 Å². The minimum absolute atomic E-state index is 0.532. The molecule has 0 saturated heterocycles. The van der Waals surface area contributed by atoms with Crippen LogP contribution >= 0.6 is 0 Å². The Kier molecular flexibility index (Phi) is 5.98. The molecular formula is C14H24N2O. The lowest BCUT2D eigenvalue weighted by Crippen LogP contribution is -2.19. The summed E-state index contributed by atoms with van der Waals surface area (Å²) in [5.41, 5.74) is 1.20. The minimum Gasteiger partial charge on any atom is -0.477 e. The largest absolute Gasteiger partial charge is 0.477 e. The molecule has 1 aromatic rings. The number of pyridine rings is 1. The van der Waals surface area contributed by atoms with Crippen molar-refractivity contribution in [2.75, 3.05) is 13.2 Å². The highest BCUT2D eigenvalue weighted by Gasteiger charge is 1.99. The van der Waals surface area contributed by atoms with Crippen LogP contribution in [0.3, 0.4) is 0 Å². The number of aromatic nitrogens is 1. The Morgan fingerprint density at radius 2 is 1.94 bits per heavy atom. The van der Waals surface area contributed by atoms with Crippen LogP contribution in [-0.4, -0.2) is 18.1 Å². The smallest absolute Gasteiger partial charge is 0.213 e. The van der Waals surface area contributed by atoms with Gasteiger partial charge in [0.2, 0.25) is 5.88 Å². The van der Waals surface area contributed by atoms with E-state index >= 15 is 0 Å². The molecule has 0 amide bonds. The number of nitrogens with one attached hydrogen (secondary N) is 1. The van der Waals surface area contributed by atoms with E-state index in [2.05, 4.69) is 44.1 Å². The Morgan fingerprint density at radius 1 is 1.18 bits per heavy atom. The second kappa shape index (κ2) is 7.28. The molecule has 0 spiro atoms. The van der Waals surface area contributed by atoms with Gasteiger partial charge < -0.3 is 10.1 Å². The maximum Gasteiger partial charge on any atom is 0.213 e. The van der Waals surface area contributed by atoms with Gasteiger partial charge in [0.1, 0.15) is 0 Å². The molecule has 0 aliphatic carbocycles. The summed E-state index contributed by atoms with van der Waals surface area (Å²) in [7, 11) is 0. The summed E-state index contributed by atoms with van der Waals surface area (Å²) in [6.07, 6.45) is 1.88. The first-order chi connectivity index (χ1) is 8.08. The van der Waals surface area contributed by atoms with Crippen LogP contribution in [0.2, 0.25) is 0 Å². The summed E-state index contributed by atoms with van der Waals surface area (Å²) < 4.78 is 5.53. The number of ether oxygens (including phenoxy) is 1. The number of rotatable bonds is 7. The molecule has 0 atom stereocenters. The molecule has 96 valence electrons. The molecule has 0 aromatic carbocycles. The van der Waals surface area contributed by atoms with Gasteiger partial charge in [0.15, 0.2) is 0 Å². The van der Waals surface area contributed by atoms with Crippen LogP contribution in [-0.2, 0) is 6.54 Å². The molecule has 17 heavy (non-hydrogen) atoms. The van der Waals surface area contributed by atoms with E-state index < -0.39 is 0 Å². The Bertz CT molecular complexity index is 307. The van der Waals surface area contributed by atoms with Crippen molar-refractivity contribution < 1.29 is 4.74 Å².